The van der Waals surface area contributed by atoms with Gasteiger partial charge in [0.05, 0.1) is 6.20 Å². The van der Waals surface area contributed by atoms with E-state index in [0.29, 0.717) is 18.8 Å². The van der Waals surface area contributed by atoms with Gasteiger partial charge < -0.3 is 14.5 Å². The van der Waals surface area contributed by atoms with Gasteiger partial charge in [-0.15, -0.1) is 0 Å². The Bertz CT molecular complexity index is 624. The van der Waals surface area contributed by atoms with Crippen LogP contribution in [0.25, 0.3) is 0 Å². The zero-order chi connectivity index (χ0) is 16.4. The molecular formula is C15H25N3O4S. The first-order valence-electron chi connectivity index (χ1n) is 8.25. The predicted molar refractivity (Wildman–Crippen MR) is 84.4 cm³/mol. The standard InChI is InChI=1S/C15H25N3O4S/c1-12-15(7-16-22-12)23(20,21)18-9-13(6-14(10-18)11-19)8-17-4-2-3-5-17/h7,13-14,19H,2-6,8-11H2,1H3. The van der Waals surface area contributed by atoms with Gasteiger partial charge in [-0.25, -0.2) is 8.42 Å². The van der Waals surface area contributed by atoms with Crippen molar-refractivity contribution in [3.63, 3.8) is 0 Å². The topological polar surface area (TPSA) is 86.9 Å². The summed E-state index contributed by atoms with van der Waals surface area (Å²) in [4.78, 5) is 2.54. The van der Waals surface area contributed by atoms with E-state index in [2.05, 4.69) is 10.1 Å². The lowest BCUT2D eigenvalue weighted by molar-refractivity contribution is 0.112. The van der Waals surface area contributed by atoms with Crippen molar-refractivity contribution in [2.75, 3.05) is 39.3 Å². The summed E-state index contributed by atoms with van der Waals surface area (Å²) in [6, 6.07) is 0. The quantitative estimate of drug-likeness (QED) is 0.847. The minimum atomic E-state index is -3.61. The molecule has 2 unspecified atom stereocenters. The van der Waals surface area contributed by atoms with Gasteiger partial charge >= 0.3 is 0 Å². The minimum Gasteiger partial charge on any atom is -0.396 e. The van der Waals surface area contributed by atoms with Crippen LogP contribution in [0, 0.1) is 18.8 Å². The van der Waals surface area contributed by atoms with Crippen LogP contribution in [0.1, 0.15) is 25.0 Å². The molecule has 0 aliphatic carbocycles. The number of aliphatic hydroxyl groups excluding tert-OH is 1. The summed E-state index contributed by atoms with van der Waals surface area (Å²) in [5.41, 5.74) is 0. The van der Waals surface area contributed by atoms with Gasteiger partial charge in [0.1, 0.15) is 4.90 Å². The maximum absolute atomic E-state index is 12.8. The van der Waals surface area contributed by atoms with Crippen molar-refractivity contribution in [1.29, 1.82) is 0 Å². The Morgan fingerprint density at radius 2 is 2.00 bits per heavy atom. The number of piperidine rings is 1. The van der Waals surface area contributed by atoms with Crippen LogP contribution in [0.5, 0.6) is 0 Å². The van der Waals surface area contributed by atoms with Crippen LogP contribution in [-0.2, 0) is 10.0 Å². The highest BCUT2D eigenvalue weighted by Gasteiger charge is 2.37. The molecule has 0 saturated carbocycles. The Balaban J connectivity index is 1.76. The molecule has 3 heterocycles. The number of aryl methyl sites for hydroxylation is 1. The number of rotatable bonds is 5. The van der Waals surface area contributed by atoms with E-state index in [4.69, 9.17) is 4.52 Å². The molecule has 2 aliphatic heterocycles. The van der Waals surface area contributed by atoms with Crippen molar-refractivity contribution < 1.29 is 18.0 Å². The highest BCUT2D eigenvalue weighted by molar-refractivity contribution is 7.89. The molecule has 23 heavy (non-hydrogen) atoms. The first-order valence-corrected chi connectivity index (χ1v) is 9.69. The summed E-state index contributed by atoms with van der Waals surface area (Å²) >= 11 is 0. The van der Waals surface area contributed by atoms with E-state index in [-0.39, 0.29) is 23.3 Å². The minimum absolute atomic E-state index is 0.00806. The fourth-order valence-corrected chi connectivity index (χ4v) is 5.41. The van der Waals surface area contributed by atoms with Crippen molar-refractivity contribution in [1.82, 2.24) is 14.4 Å². The van der Waals surface area contributed by atoms with Gasteiger partial charge in [0, 0.05) is 26.2 Å². The monoisotopic (exact) mass is 343 g/mol. The molecule has 3 rings (SSSR count). The Hall–Kier alpha value is -0.960. The van der Waals surface area contributed by atoms with E-state index in [1.165, 1.54) is 23.3 Å². The van der Waals surface area contributed by atoms with Gasteiger partial charge in [0.2, 0.25) is 10.0 Å². The first kappa shape index (κ1) is 16.9. The lowest BCUT2D eigenvalue weighted by Gasteiger charge is -2.37. The fraction of sp³-hybridized carbons (Fsp3) is 0.800. The third-order valence-electron chi connectivity index (χ3n) is 4.89. The Kier molecular flexibility index (Phi) is 5.05. The van der Waals surface area contributed by atoms with Crippen LogP contribution in [0.2, 0.25) is 0 Å². The molecule has 0 radical (unpaired) electrons. The lowest BCUT2D eigenvalue weighted by atomic mass is 9.90. The van der Waals surface area contributed by atoms with Gasteiger partial charge in [-0.3, -0.25) is 0 Å². The highest BCUT2D eigenvalue weighted by atomic mass is 32.2. The molecule has 0 aromatic carbocycles. The molecule has 1 aromatic rings. The number of nitrogens with zero attached hydrogens (tertiary/aromatic N) is 3. The van der Waals surface area contributed by atoms with Gasteiger partial charge in [0.15, 0.2) is 5.76 Å². The number of aliphatic hydroxyl groups is 1. The lowest BCUT2D eigenvalue weighted by Crippen LogP contribution is -2.47. The zero-order valence-electron chi connectivity index (χ0n) is 13.5. The number of sulfonamides is 1. The first-order chi connectivity index (χ1) is 11.0. The fourth-order valence-electron chi connectivity index (χ4n) is 3.74. The van der Waals surface area contributed by atoms with Crippen molar-refractivity contribution >= 4 is 10.0 Å². The van der Waals surface area contributed by atoms with Gasteiger partial charge in [0.25, 0.3) is 0 Å². The van der Waals surface area contributed by atoms with Crippen LogP contribution in [0.3, 0.4) is 0 Å². The molecule has 1 aromatic heterocycles. The number of aromatic nitrogens is 1. The van der Waals surface area contributed by atoms with E-state index in [1.807, 2.05) is 0 Å². The zero-order valence-corrected chi connectivity index (χ0v) is 14.3. The highest BCUT2D eigenvalue weighted by Crippen LogP contribution is 2.29. The summed E-state index contributed by atoms with van der Waals surface area (Å²) in [6.07, 6.45) is 4.58. The predicted octanol–water partition coefficient (Wildman–Crippen LogP) is 0.698. The van der Waals surface area contributed by atoms with Crippen LogP contribution < -0.4 is 0 Å². The molecule has 0 bridgehead atoms. The molecule has 8 heteroatoms. The molecule has 2 saturated heterocycles. The van der Waals surface area contributed by atoms with E-state index in [1.54, 1.807) is 6.92 Å². The summed E-state index contributed by atoms with van der Waals surface area (Å²) in [7, 11) is -3.61. The van der Waals surface area contributed by atoms with Crippen molar-refractivity contribution in [3.8, 4) is 0 Å². The molecule has 0 amide bonds. The molecule has 2 aliphatic rings. The van der Waals surface area contributed by atoms with Crippen LogP contribution >= 0.6 is 0 Å². The smallest absolute Gasteiger partial charge is 0.248 e. The molecule has 2 atom stereocenters. The Morgan fingerprint density at radius 3 is 2.61 bits per heavy atom. The second kappa shape index (κ2) is 6.88. The van der Waals surface area contributed by atoms with Crippen LogP contribution in [0.4, 0.5) is 0 Å². The Labute approximate surface area is 137 Å². The average molecular weight is 343 g/mol. The van der Waals surface area contributed by atoms with Gasteiger partial charge in [-0.1, -0.05) is 5.16 Å². The largest absolute Gasteiger partial charge is 0.396 e. The molecular weight excluding hydrogens is 318 g/mol. The second-order valence-electron chi connectivity index (χ2n) is 6.73. The van der Waals surface area contributed by atoms with Crippen molar-refractivity contribution in [2.45, 2.75) is 31.1 Å². The number of hydrogen-bond acceptors (Lipinski definition) is 6. The SMILES string of the molecule is Cc1oncc1S(=O)(=O)N1CC(CO)CC(CN2CCCC2)C1. The summed E-state index contributed by atoms with van der Waals surface area (Å²) < 4.78 is 32.1. The van der Waals surface area contributed by atoms with Crippen LogP contribution in [0.15, 0.2) is 15.6 Å². The molecule has 0 spiro atoms. The third-order valence-corrected chi connectivity index (χ3v) is 6.81. The van der Waals surface area contributed by atoms with E-state index >= 15 is 0 Å². The number of likely N-dealkylation sites (tertiary alicyclic amines) is 1. The van der Waals surface area contributed by atoms with E-state index in [9.17, 15) is 13.5 Å². The molecule has 130 valence electrons. The van der Waals surface area contributed by atoms with Gasteiger partial charge in [-0.05, 0) is 51.1 Å². The maximum atomic E-state index is 12.8. The average Bonchev–Trinajstić information content (AvgIpc) is 3.18. The molecule has 7 nitrogen and oxygen atoms in total. The number of hydrogen-bond donors (Lipinski definition) is 1. The maximum Gasteiger partial charge on any atom is 0.248 e. The molecule has 2 fully saturated rings. The van der Waals surface area contributed by atoms with Crippen LogP contribution in [-0.4, -0.2) is 67.2 Å². The normalized spacial score (nSPS) is 27.6. The van der Waals surface area contributed by atoms with Gasteiger partial charge in [-0.2, -0.15) is 4.31 Å². The van der Waals surface area contributed by atoms with Crippen molar-refractivity contribution in [2.24, 2.45) is 11.8 Å². The molecule has 1 N–H and O–H groups in total. The van der Waals surface area contributed by atoms with E-state index < -0.39 is 10.0 Å². The summed E-state index contributed by atoms with van der Waals surface area (Å²) in [5, 5.41) is 13.2. The summed E-state index contributed by atoms with van der Waals surface area (Å²) in [6.45, 7) is 5.58. The van der Waals surface area contributed by atoms with E-state index in [0.717, 1.165) is 26.1 Å². The van der Waals surface area contributed by atoms with Crippen molar-refractivity contribution in [3.05, 3.63) is 12.0 Å². The third kappa shape index (κ3) is 3.60. The Morgan fingerprint density at radius 1 is 1.30 bits per heavy atom. The summed E-state index contributed by atoms with van der Waals surface area (Å²) in [5.74, 6) is 0.562. The second-order valence-corrected chi connectivity index (χ2v) is 8.63.